The zero-order valence-corrected chi connectivity index (χ0v) is 18.4. The average molecular weight is 470 g/mol. The Hall–Kier alpha value is -5.31. The topological polar surface area (TPSA) is 164 Å². The molecule has 0 aliphatic heterocycles. The van der Waals surface area contributed by atoms with Gasteiger partial charge < -0.3 is 14.9 Å². The maximum Gasteiger partial charge on any atom is 0.389 e. The molecule has 35 heavy (non-hydrogen) atoms. The minimum atomic E-state index is -0.584. The largest absolute Gasteiger partial charge is 0.496 e. The van der Waals surface area contributed by atoms with Crippen molar-refractivity contribution >= 4 is 18.0 Å². The smallest absolute Gasteiger partial charge is 0.389 e. The van der Waals surface area contributed by atoms with Crippen molar-refractivity contribution in [3.63, 3.8) is 0 Å². The van der Waals surface area contributed by atoms with Gasteiger partial charge in [0.25, 0.3) is 5.56 Å². The molecule has 0 spiro atoms. The van der Waals surface area contributed by atoms with E-state index in [4.69, 9.17) is 4.74 Å². The summed E-state index contributed by atoms with van der Waals surface area (Å²) in [6.45, 7) is 0.247. The molecule has 12 heteroatoms. The predicted molar refractivity (Wildman–Crippen MR) is 127 cm³/mol. The summed E-state index contributed by atoms with van der Waals surface area (Å²) >= 11 is 0. The number of nitrogens with one attached hydrogen (secondary N) is 2. The van der Waals surface area contributed by atoms with Crippen molar-refractivity contribution in [2.75, 3.05) is 12.5 Å². The number of hydrogen-bond donors (Lipinski definition) is 2. The number of H-pyrrole nitrogens is 1. The number of benzene rings is 2. The SMILES string of the molecule is COc1ccc(C=NNc2nc(-c3ccccc3)c(C#N)c(=O)[nH]2)cc1Cn1ccc([N+](=O)[O-])n1. The van der Waals surface area contributed by atoms with E-state index in [-0.39, 0.29) is 29.6 Å². The van der Waals surface area contributed by atoms with Gasteiger partial charge in [-0.25, -0.2) is 10.4 Å². The third-order valence-electron chi connectivity index (χ3n) is 4.91. The van der Waals surface area contributed by atoms with E-state index in [1.807, 2.05) is 12.1 Å². The fraction of sp³-hybridized carbons (Fsp3) is 0.0870. The van der Waals surface area contributed by atoms with Crippen molar-refractivity contribution < 1.29 is 9.66 Å². The van der Waals surface area contributed by atoms with Crippen molar-refractivity contribution in [3.8, 4) is 23.1 Å². The van der Waals surface area contributed by atoms with Crippen molar-refractivity contribution in [2.24, 2.45) is 5.10 Å². The molecule has 0 bridgehead atoms. The highest BCUT2D eigenvalue weighted by Gasteiger charge is 2.14. The van der Waals surface area contributed by atoms with Gasteiger partial charge in [0.1, 0.15) is 17.4 Å². The van der Waals surface area contributed by atoms with Gasteiger partial charge in [0, 0.05) is 11.1 Å². The summed E-state index contributed by atoms with van der Waals surface area (Å²) in [6.07, 6.45) is 3.02. The van der Waals surface area contributed by atoms with Crippen LogP contribution in [0.1, 0.15) is 16.7 Å². The number of hydrogen-bond acceptors (Lipinski definition) is 9. The molecule has 12 nitrogen and oxygen atoms in total. The third kappa shape index (κ3) is 5.20. The highest BCUT2D eigenvalue weighted by Crippen LogP contribution is 2.22. The number of nitrogens with zero attached hydrogens (tertiary/aromatic N) is 6. The molecule has 0 radical (unpaired) electrons. The fourth-order valence-electron chi connectivity index (χ4n) is 3.32. The normalized spacial score (nSPS) is 10.7. The van der Waals surface area contributed by atoms with Crippen LogP contribution in [0.5, 0.6) is 5.75 Å². The Bertz CT molecular complexity index is 1500. The second-order valence-electron chi connectivity index (χ2n) is 7.19. The molecule has 0 aliphatic carbocycles. The van der Waals surface area contributed by atoms with Crippen LogP contribution in [0.2, 0.25) is 0 Å². The number of methoxy groups -OCH3 is 1. The van der Waals surface area contributed by atoms with E-state index in [1.54, 1.807) is 42.5 Å². The van der Waals surface area contributed by atoms with Crippen LogP contribution in [0.15, 0.2) is 70.7 Å². The summed E-state index contributed by atoms with van der Waals surface area (Å²) in [6, 6.07) is 17.4. The van der Waals surface area contributed by atoms with Crippen LogP contribution >= 0.6 is 0 Å². The number of ether oxygens (including phenoxy) is 1. The molecule has 2 aromatic heterocycles. The molecular formula is C23H18N8O4. The minimum Gasteiger partial charge on any atom is -0.496 e. The number of anilines is 1. The van der Waals surface area contributed by atoms with E-state index in [2.05, 4.69) is 25.6 Å². The van der Waals surface area contributed by atoms with Gasteiger partial charge in [-0.1, -0.05) is 30.3 Å². The van der Waals surface area contributed by atoms with Crippen molar-refractivity contribution in [3.05, 3.63) is 98.0 Å². The number of nitro groups is 1. The van der Waals surface area contributed by atoms with Crippen molar-refractivity contribution in [1.29, 1.82) is 5.26 Å². The second-order valence-corrected chi connectivity index (χ2v) is 7.19. The van der Waals surface area contributed by atoms with Gasteiger partial charge >= 0.3 is 5.82 Å². The quantitative estimate of drug-likeness (QED) is 0.225. The highest BCUT2D eigenvalue weighted by atomic mass is 16.6. The lowest BCUT2D eigenvalue weighted by Gasteiger charge is -2.08. The predicted octanol–water partition coefficient (Wildman–Crippen LogP) is 2.92. The van der Waals surface area contributed by atoms with Gasteiger partial charge in [0.15, 0.2) is 0 Å². The molecule has 0 fully saturated rings. The van der Waals surface area contributed by atoms with E-state index in [1.165, 1.54) is 30.3 Å². The summed E-state index contributed by atoms with van der Waals surface area (Å²) in [5.41, 5.74) is 4.29. The van der Waals surface area contributed by atoms with Gasteiger partial charge in [0.2, 0.25) is 5.95 Å². The molecule has 0 saturated carbocycles. The van der Waals surface area contributed by atoms with Crippen LogP contribution in [0, 0.1) is 21.4 Å². The molecule has 2 N–H and O–H groups in total. The first-order valence-electron chi connectivity index (χ1n) is 10.2. The molecule has 2 aromatic carbocycles. The monoisotopic (exact) mass is 470 g/mol. The lowest BCUT2D eigenvalue weighted by Crippen LogP contribution is -2.16. The molecule has 4 rings (SSSR count). The van der Waals surface area contributed by atoms with E-state index in [9.17, 15) is 20.2 Å². The Morgan fingerprint density at radius 3 is 2.77 bits per heavy atom. The zero-order valence-electron chi connectivity index (χ0n) is 18.4. The van der Waals surface area contributed by atoms with Crippen LogP contribution < -0.4 is 15.7 Å². The van der Waals surface area contributed by atoms with Crippen LogP contribution in [-0.4, -0.2) is 38.0 Å². The Morgan fingerprint density at radius 1 is 1.29 bits per heavy atom. The van der Waals surface area contributed by atoms with Gasteiger partial charge in [-0.3, -0.25) is 9.78 Å². The third-order valence-corrected chi connectivity index (χ3v) is 4.91. The van der Waals surface area contributed by atoms with Gasteiger partial charge in [-0.15, -0.1) is 0 Å². The lowest BCUT2D eigenvalue weighted by molar-refractivity contribution is -0.389. The first-order chi connectivity index (χ1) is 17.0. The van der Waals surface area contributed by atoms with Crippen LogP contribution in [0.4, 0.5) is 11.8 Å². The molecule has 4 aromatic rings. The number of aromatic amines is 1. The summed E-state index contributed by atoms with van der Waals surface area (Å²) in [5.74, 6) is 0.408. The first kappa shape index (κ1) is 22.9. The van der Waals surface area contributed by atoms with E-state index in [0.717, 1.165) is 5.56 Å². The summed E-state index contributed by atoms with van der Waals surface area (Å²) < 4.78 is 6.82. The van der Waals surface area contributed by atoms with Crippen LogP contribution in [0.3, 0.4) is 0 Å². The zero-order chi connectivity index (χ0) is 24.8. The number of nitriles is 1. The van der Waals surface area contributed by atoms with Gasteiger partial charge in [0.05, 0.1) is 42.9 Å². The Kier molecular flexibility index (Phi) is 6.59. The lowest BCUT2D eigenvalue weighted by atomic mass is 10.1. The van der Waals surface area contributed by atoms with Crippen molar-refractivity contribution in [2.45, 2.75) is 6.54 Å². The van der Waals surface area contributed by atoms with Gasteiger partial charge in [-0.2, -0.15) is 15.0 Å². The van der Waals surface area contributed by atoms with Gasteiger partial charge in [-0.05, 0) is 28.7 Å². The Morgan fingerprint density at radius 2 is 2.09 bits per heavy atom. The highest BCUT2D eigenvalue weighted by molar-refractivity contribution is 5.81. The Balaban J connectivity index is 1.56. The fourth-order valence-corrected chi connectivity index (χ4v) is 3.32. The molecule has 174 valence electrons. The molecule has 0 amide bonds. The minimum absolute atomic E-state index is 0.0710. The van der Waals surface area contributed by atoms with Crippen molar-refractivity contribution in [1.82, 2.24) is 19.7 Å². The average Bonchev–Trinajstić information content (AvgIpc) is 3.33. The summed E-state index contributed by atoms with van der Waals surface area (Å²) in [5, 5.41) is 28.3. The number of aromatic nitrogens is 4. The molecule has 0 aliphatic rings. The Labute approximate surface area is 198 Å². The maximum atomic E-state index is 12.4. The summed E-state index contributed by atoms with van der Waals surface area (Å²) in [4.78, 5) is 29.5. The second kappa shape index (κ2) is 10.1. The molecule has 2 heterocycles. The van der Waals surface area contributed by atoms with E-state index >= 15 is 0 Å². The first-order valence-corrected chi connectivity index (χ1v) is 10.2. The van der Waals surface area contributed by atoms with Crippen LogP contribution in [-0.2, 0) is 6.54 Å². The number of hydrazone groups is 1. The maximum absolute atomic E-state index is 12.4. The molecular weight excluding hydrogens is 452 g/mol. The molecule has 0 saturated heterocycles. The van der Waals surface area contributed by atoms with Crippen LogP contribution in [0.25, 0.3) is 11.3 Å². The molecule has 0 unspecified atom stereocenters. The van der Waals surface area contributed by atoms with E-state index < -0.39 is 10.5 Å². The number of rotatable bonds is 8. The summed E-state index contributed by atoms with van der Waals surface area (Å²) in [7, 11) is 1.52. The molecule has 0 atom stereocenters. The van der Waals surface area contributed by atoms with E-state index in [0.29, 0.717) is 16.9 Å². The standard InChI is InChI=1S/C23H18N8O4/c1-35-19-8-7-15(11-17(19)14-30-10-9-20(29-30)31(33)34)13-25-28-23-26-21(16-5-3-2-4-6-16)18(12-24)22(32)27-23/h2-11,13H,14H2,1H3,(H2,26,27,28,32).